The van der Waals surface area contributed by atoms with Crippen molar-refractivity contribution in [2.75, 3.05) is 6.54 Å². The normalized spacial score (nSPS) is 12.4. The van der Waals surface area contributed by atoms with Gasteiger partial charge in [0.15, 0.2) is 0 Å². The summed E-state index contributed by atoms with van der Waals surface area (Å²) in [6, 6.07) is 7.42. The van der Waals surface area contributed by atoms with E-state index < -0.39 is 17.7 Å². The van der Waals surface area contributed by atoms with Crippen LogP contribution in [0, 0.1) is 17.5 Å². The Morgan fingerprint density at radius 3 is 2.14 bits per heavy atom. The fourth-order valence-electron chi connectivity index (χ4n) is 2.16. The zero-order chi connectivity index (χ0) is 15.4. The van der Waals surface area contributed by atoms with Gasteiger partial charge in [-0.25, -0.2) is 13.2 Å². The predicted octanol–water partition coefficient (Wildman–Crippen LogP) is 4.96. The van der Waals surface area contributed by atoms with Crippen molar-refractivity contribution in [1.82, 2.24) is 5.32 Å². The summed E-state index contributed by atoms with van der Waals surface area (Å²) in [5, 5.41) is 3.10. The van der Waals surface area contributed by atoms with E-state index in [1.807, 2.05) is 6.92 Å². The van der Waals surface area contributed by atoms with Crippen molar-refractivity contribution in [1.29, 1.82) is 0 Å². The van der Waals surface area contributed by atoms with Crippen LogP contribution in [0.3, 0.4) is 0 Å². The van der Waals surface area contributed by atoms with Crippen LogP contribution in [0.2, 0.25) is 0 Å². The van der Waals surface area contributed by atoms with Gasteiger partial charge in [-0.3, -0.25) is 0 Å². The van der Waals surface area contributed by atoms with Gasteiger partial charge in [-0.05, 0) is 42.8 Å². The molecular formula is C16H15BrF3N. The van der Waals surface area contributed by atoms with Crippen LogP contribution in [0.4, 0.5) is 13.2 Å². The van der Waals surface area contributed by atoms with Crippen molar-refractivity contribution >= 4 is 15.9 Å². The Morgan fingerprint density at radius 2 is 1.62 bits per heavy atom. The monoisotopic (exact) mass is 357 g/mol. The van der Waals surface area contributed by atoms with E-state index >= 15 is 0 Å². The molecule has 0 radical (unpaired) electrons. The van der Waals surface area contributed by atoms with Crippen LogP contribution >= 0.6 is 15.9 Å². The van der Waals surface area contributed by atoms with Crippen LogP contribution < -0.4 is 5.32 Å². The summed E-state index contributed by atoms with van der Waals surface area (Å²) in [6.07, 6.45) is 0.817. The fraction of sp³-hybridized carbons (Fsp3) is 0.250. The zero-order valence-electron chi connectivity index (χ0n) is 11.5. The third-order valence-corrected chi connectivity index (χ3v) is 3.59. The molecule has 0 aromatic heterocycles. The van der Waals surface area contributed by atoms with E-state index in [4.69, 9.17) is 0 Å². The molecule has 2 aromatic carbocycles. The highest BCUT2D eigenvalue weighted by atomic mass is 79.9. The average Bonchev–Trinajstić information content (AvgIpc) is 2.42. The Labute approximate surface area is 130 Å². The van der Waals surface area contributed by atoms with E-state index in [0.717, 1.165) is 6.42 Å². The molecule has 0 aliphatic heterocycles. The highest BCUT2D eigenvalue weighted by molar-refractivity contribution is 9.10. The molecule has 21 heavy (non-hydrogen) atoms. The van der Waals surface area contributed by atoms with Gasteiger partial charge in [0.1, 0.15) is 17.5 Å². The minimum absolute atomic E-state index is 0.0572. The topological polar surface area (TPSA) is 12.0 Å². The first-order valence-electron chi connectivity index (χ1n) is 6.66. The minimum Gasteiger partial charge on any atom is -0.306 e. The maximum absolute atomic E-state index is 14.2. The molecule has 2 rings (SSSR count). The van der Waals surface area contributed by atoms with Gasteiger partial charge in [0.2, 0.25) is 0 Å². The molecule has 0 saturated carbocycles. The summed E-state index contributed by atoms with van der Waals surface area (Å²) in [5.74, 6) is -1.66. The van der Waals surface area contributed by atoms with Gasteiger partial charge in [-0.15, -0.1) is 0 Å². The maximum Gasteiger partial charge on any atom is 0.132 e. The lowest BCUT2D eigenvalue weighted by molar-refractivity contribution is 0.501. The number of hydrogen-bond acceptors (Lipinski definition) is 1. The molecule has 1 unspecified atom stereocenters. The first-order chi connectivity index (χ1) is 10.0. The molecule has 0 spiro atoms. The van der Waals surface area contributed by atoms with Crippen molar-refractivity contribution < 1.29 is 13.2 Å². The SMILES string of the molecule is CCCNC(c1ccc(F)cc1)c1c(F)cc(Br)cc1F. The van der Waals surface area contributed by atoms with Gasteiger partial charge in [0, 0.05) is 10.0 Å². The Morgan fingerprint density at radius 1 is 1.05 bits per heavy atom. The van der Waals surface area contributed by atoms with Gasteiger partial charge >= 0.3 is 0 Å². The molecule has 0 saturated heterocycles. The highest BCUT2D eigenvalue weighted by Crippen LogP contribution is 2.29. The van der Waals surface area contributed by atoms with Gasteiger partial charge in [-0.1, -0.05) is 35.0 Å². The second-order valence-electron chi connectivity index (χ2n) is 4.72. The Kier molecular flexibility index (Phi) is 5.42. The quantitative estimate of drug-likeness (QED) is 0.797. The van der Waals surface area contributed by atoms with Crippen molar-refractivity contribution in [3.8, 4) is 0 Å². The lowest BCUT2D eigenvalue weighted by atomic mass is 9.97. The summed E-state index contributed by atoms with van der Waals surface area (Å²) in [6.45, 7) is 2.56. The van der Waals surface area contributed by atoms with Crippen LogP contribution in [0.1, 0.15) is 30.5 Å². The van der Waals surface area contributed by atoms with Crippen molar-refractivity contribution in [2.45, 2.75) is 19.4 Å². The van der Waals surface area contributed by atoms with Gasteiger partial charge in [-0.2, -0.15) is 0 Å². The molecule has 0 bridgehead atoms. The summed E-state index contributed by atoms with van der Waals surface area (Å²) < 4.78 is 41.7. The molecule has 0 heterocycles. The molecule has 0 aliphatic rings. The Balaban J connectivity index is 2.47. The third kappa shape index (κ3) is 3.86. The van der Waals surface area contributed by atoms with Gasteiger partial charge in [0.05, 0.1) is 6.04 Å². The minimum atomic E-state index is -0.654. The van der Waals surface area contributed by atoms with Crippen molar-refractivity contribution in [3.63, 3.8) is 0 Å². The number of halogens is 4. The van der Waals surface area contributed by atoms with Crippen LogP contribution in [0.25, 0.3) is 0 Å². The summed E-state index contributed by atoms with van der Waals surface area (Å²) in [5.41, 5.74) is 0.559. The van der Waals surface area contributed by atoms with Gasteiger partial charge in [0.25, 0.3) is 0 Å². The van der Waals surface area contributed by atoms with E-state index in [2.05, 4.69) is 21.2 Å². The zero-order valence-corrected chi connectivity index (χ0v) is 13.1. The Bertz CT molecular complexity index is 590. The summed E-state index contributed by atoms with van der Waals surface area (Å²) in [4.78, 5) is 0. The highest BCUT2D eigenvalue weighted by Gasteiger charge is 2.22. The first kappa shape index (κ1) is 16.0. The third-order valence-electron chi connectivity index (χ3n) is 3.13. The first-order valence-corrected chi connectivity index (χ1v) is 7.45. The standard InChI is InChI=1S/C16H15BrF3N/c1-2-7-21-16(10-3-5-12(18)6-4-10)15-13(19)8-11(17)9-14(15)20/h3-6,8-9,16,21H,2,7H2,1H3. The molecule has 1 nitrogen and oxygen atoms in total. The lowest BCUT2D eigenvalue weighted by Gasteiger charge is -2.21. The lowest BCUT2D eigenvalue weighted by Crippen LogP contribution is -2.25. The predicted molar refractivity (Wildman–Crippen MR) is 80.6 cm³/mol. The van der Waals surface area contributed by atoms with Crippen LogP contribution in [0.5, 0.6) is 0 Å². The smallest absolute Gasteiger partial charge is 0.132 e. The average molecular weight is 358 g/mol. The number of benzene rings is 2. The van der Waals surface area contributed by atoms with Crippen LogP contribution in [-0.4, -0.2) is 6.54 Å². The van der Waals surface area contributed by atoms with E-state index in [9.17, 15) is 13.2 Å². The molecule has 1 atom stereocenters. The molecule has 5 heteroatoms. The second kappa shape index (κ2) is 7.09. The Hall–Kier alpha value is -1.33. The fourth-order valence-corrected chi connectivity index (χ4v) is 2.56. The summed E-state index contributed by atoms with van der Waals surface area (Å²) >= 11 is 3.06. The van der Waals surface area contributed by atoms with E-state index in [0.29, 0.717) is 16.6 Å². The van der Waals surface area contributed by atoms with E-state index in [1.165, 1.54) is 36.4 Å². The number of hydrogen-bond donors (Lipinski definition) is 1. The maximum atomic E-state index is 14.2. The van der Waals surface area contributed by atoms with Crippen LogP contribution in [0.15, 0.2) is 40.9 Å². The molecule has 0 fully saturated rings. The molecule has 0 amide bonds. The van der Waals surface area contributed by atoms with Gasteiger partial charge < -0.3 is 5.32 Å². The number of nitrogens with one attached hydrogen (secondary N) is 1. The molecule has 2 aromatic rings. The molecular weight excluding hydrogens is 343 g/mol. The molecule has 0 aliphatic carbocycles. The van der Waals surface area contributed by atoms with E-state index in [-0.39, 0.29) is 11.4 Å². The largest absolute Gasteiger partial charge is 0.306 e. The van der Waals surface area contributed by atoms with Crippen molar-refractivity contribution in [2.24, 2.45) is 0 Å². The second-order valence-corrected chi connectivity index (χ2v) is 5.64. The number of rotatable bonds is 5. The van der Waals surface area contributed by atoms with E-state index in [1.54, 1.807) is 0 Å². The van der Waals surface area contributed by atoms with Crippen molar-refractivity contribution in [3.05, 3.63) is 69.4 Å². The van der Waals surface area contributed by atoms with Crippen LogP contribution in [-0.2, 0) is 0 Å². The summed E-state index contributed by atoms with van der Waals surface area (Å²) in [7, 11) is 0. The molecule has 1 N–H and O–H groups in total. The molecule has 112 valence electrons.